The molecule has 0 aliphatic heterocycles. The van der Waals surface area contributed by atoms with Crippen molar-refractivity contribution in [1.29, 1.82) is 0 Å². The average Bonchev–Trinajstić information content (AvgIpc) is 2.19. The molecule has 0 saturated heterocycles. The molecule has 2 heteroatoms. The molecule has 70 valence electrons. The Labute approximate surface area is 89.1 Å². The number of benzene rings is 1. The number of hydrogen-bond acceptors (Lipinski definition) is 2. The SMILES string of the molecule is S=C1C=C(Nc2ccccc2)C=CC1. The Kier molecular flexibility index (Phi) is 2.75. The van der Waals surface area contributed by atoms with Crippen LogP contribution in [0.5, 0.6) is 0 Å². The highest BCUT2D eigenvalue weighted by molar-refractivity contribution is 7.80. The van der Waals surface area contributed by atoms with Crippen molar-refractivity contribution in [2.45, 2.75) is 6.42 Å². The van der Waals surface area contributed by atoms with Gasteiger partial charge in [-0.15, -0.1) is 0 Å². The lowest BCUT2D eigenvalue weighted by Crippen LogP contribution is -2.03. The number of nitrogens with one attached hydrogen (secondary N) is 1. The lowest BCUT2D eigenvalue weighted by Gasteiger charge is -2.10. The highest BCUT2D eigenvalue weighted by Crippen LogP contribution is 2.13. The minimum absolute atomic E-state index is 0.884. The summed E-state index contributed by atoms with van der Waals surface area (Å²) in [4.78, 5) is 0.978. The summed E-state index contributed by atoms with van der Waals surface area (Å²) in [5.74, 6) is 0. The summed E-state index contributed by atoms with van der Waals surface area (Å²) in [7, 11) is 0. The Bertz CT molecular complexity index is 390. The fourth-order valence-corrected chi connectivity index (χ4v) is 1.57. The molecule has 0 aromatic heterocycles. The highest BCUT2D eigenvalue weighted by atomic mass is 32.1. The van der Waals surface area contributed by atoms with E-state index in [1.165, 1.54) is 0 Å². The van der Waals surface area contributed by atoms with Gasteiger partial charge in [-0.2, -0.15) is 0 Å². The molecule has 0 saturated carbocycles. The molecule has 0 heterocycles. The van der Waals surface area contributed by atoms with Gasteiger partial charge in [0.15, 0.2) is 0 Å². The average molecular weight is 201 g/mol. The maximum Gasteiger partial charge on any atom is 0.0392 e. The number of para-hydroxylation sites is 1. The van der Waals surface area contributed by atoms with Crippen molar-refractivity contribution in [2.24, 2.45) is 0 Å². The van der Waals surface area contributed by atoms with Crippen LogP contribution in [0.3, 0.4) is 0 Å². The predicted molar refractivity (Wildman–Crippen MR) is 64.5 cm³/mol. The lowest BCUT2D eigenvalue weighted by molar-refractivity contribution is 1.40. The quantitative estimate of drug-likeness (QED) is 0.737. The number of rotatable bonds is 2. The summed E-state index contributed by atoms with van der Waals surface area (Å²) in [5.41, 5.74) is 2.15. The number of hydrogen-bond donors (Lipinski definition) is 1. The zero-order chi connectivity index (χ0) is 9.80. The van der Waals surface area contributed by atoms with Crippen molar-refractivity contribution in [3.05, 3.63) is 54.3 Å². The van der Waals surface area contributed by atoms with E-state index in [0.29, 0.717) is 0 Å². The van der Waals surface area contributed by atoms with Crippen molar-refractivity contribution >= 4 is 22.8 Å². The van der Waals surface area contributed by atoms with E-state index in [1.807, 2.05) is 36.4 Å². The summed E-state index contributed by atoms with van der Waals surface area (Å²) in [6.07, 6.45) is 7.02. The van der Waals surface area contributed by atoms with Crippen LogP contribution in [0, 0.1) is 0 Å². The van der Waals surface area contributed by atoms with Crippen LogP contribution in [0.2, 0.25) is 0 Å². The van der Waals surface area contributed by atoms with Crippen LogP contribution >= 0.6 is 12.2 Å². The van der Waals surface area contributed by atoms with Gasteiger partial charge in [0, 0.05) is 22.7 Å². The van der Waals surface area contributed by atoms with Crippen LogP contribution in [0.15, 0.2) is 54.3 Å². The molecule has 1 N–H and O–H groups in total. The molecular weight excluding hydrogens is 190 g/mol. The highest BCUT2D eigenvalue weighted by Gasteiger charge is 2.00. The third-order valence-electron chi connectivity index (χ3n) is 2.00. The first-order chi connectivity index (χ1) is 6.84. The Balaban J connectivity index is 2.12. The second-order valence-electron chi connectivity index (χ2n) is 3.16. The summed E-state index contributed by atoms with van der Waals surface area (Å²) in [5, 5.41) is 3.30. The van der Waals surface area contributed by atoms with E-state index in [9.17, 15) is 0 Å². The molecule has 1 aliphatic carbocycles. The lowest BCUT2D eigenvalue weighted by atomic mass is 10.1. The van der Waals surface area contributed by atoms with E-state index in [-0.39, 0.29) is 0 Å². The second-order valence-corrected chi connectivity index (χ2v) is 3.69. The third kappa shape index (κ3) is 2.30. The van der Waals surface area contributed by atoms with E-state index >= 15 is 0 Å². The first-order valence-corrected chi connectivity index (χ1v) is 4.98. The minimum atomic E-state index is 0.884. The normalized spacial score (nSPS) is 15.1. The van der Waals surface area contributed by atoms with Crippen molar-refractivity contribution in [3.8, 4) is 0 Å². The van der Waals surface area contributed by atoms with E-state index in [4.69, 9.17) is 12.2 Å². The van der Waals surface area contributed by atoms with Crippen LogP contribution < -0.4 is 5.32 Å². The number of thiocarbonyl (C=S) groups is 1. The largest absolute Gasteiger partial charge is 0.356 e. The first kappa shape index (κ1) is 9.16. The van der Waals surface area contributed by atoms with Crippen LogP contribution in [-0.2, 0) is 0 Å². The Hall–Kier alpha value is -1.41. The van der Waals surface area contributed by atoms with Gasteiger partial charge in [-0.1, -0.05) is 36.5 Å². The molecule has 1 aliphatic rings. The van der Waals surface area contributed by atoms with E-state index < -0.39 is 0 Å². The Morgan fingerprint density at radius 1 is 1.14 bits per heavy atom. The minimum Gasteiger partial charge on any atom is -0.356 e. The van der Waals surface area contributed by atoms with Crippen LogP contribution in [0.25, 0.3) is 0 Å². The van der Waals surface area contributed by atoms with Gasteiger partial charge in [-0.3, -0.25) is 0 Å². The molecule has 14 heavy (non-hydrogen) atoms. The fraction of sp³-hybridized carbons (Fsp3) is 0.0833. The van der Waals surface area contributed by atoms with Gasteiger partial charge < -0.3 is 5.32 Å². The molecular formula is C12H11NS. The zero-order valence-corrected chi connectivity index (χ0v) is 8.55. The van der Waals surface area contributed by atoms with Crippen LogP contribution in [0.1, 0.15) is 6.42 Å². The Morgan fingerprint density at radius 2 is 1.93 bits per heavy atom. The summed E-state index contributed by atoms with van der Waals surface area (Å²) in [6, 6.07) is 10.1. The maximum atomic E-state index is 5.13. The van der Waals surface area contributed by atoms with Gasteiger partial charge >= 0.3 is 0 Å². The first-order valence-electron chi connectivity index (χ1n) is 4.58. The van der Waals surface area contributed by atoms with Gasteiger partial charge in [-0.05, 0) is 24.3 Å². The van der Waals surface area contributed by atoms with Gasteiger partial charge in [0.05, 0.1) is 0 Å². The van der Waals surface area contributed by atoms with Crippen molar-refractivity contribution < 1.29 is 0 Å². The van der Waals surface area contributed by atoms with Crippen molar-refractivity contribution in [3.63, 3.8) is 0 Å². The fourth-order valence-electron chi connectivity index (χ4n) is 1.35. The summed E-state index contributed by atoms with van der Waals surface area (Å²) < 4.78 is 0. The molecule has 1 aromatic carbocycles. The predicted octanol–water partition coefficient (Wildman–Crippen LogP) is 3.31. The Morgan fingerprint density at radius 3 is 2.64 bits per heavy atom. The van der Waals surface area contributed by atoms with Gasteiger partial charge in [0.2, 0.25) is 0 Å². The molecule has 2 rings (SSSR count). The molecule has 0 bridgehead atoms. The van der Waals surface area contributed by atoms with Crippen LogP contribution in [-0.4, -0.2) is 4.86 Å². The summed E-state index contributed by atoms with van der Waals surface area (Å²) >= 11 is 5.13. The van der Waals surface area contributed by atoms with Gasteiger partial charge in [0.25, 0.3) is 0 Å². The maximum absolute atomic E-state index is 5.13. The van der Waals surface area contributed by atoms with Crippen LogP contribution in [0.4, 0.5) is 5.69 Å². The molecule has 0 unspecified atom stereocenters. The standard InChI is InChI=1S/C12H11NS/c14-12-8-4-7-11(9-12)13-10-5-2-1-3-6-10/h1-7,9,13H,8H2. The third-order valence-corrected chi connectivity index (χ3v) is 2.28. The second kappa shape index (κ2) is 4.20. The van der Waals surface area contributed by atoms with Gasteiger partial charge in [-0.25, -0.2) is 0 Å². The van der Waals surface area contributed by atoms with E-state index in [0.717, 1.165) is 22.7 Å². The zero-order valence-electron chi connectivity index (χ0n) is 7.73. The monoisotopic (exact) mass is 201 g/mol. The van der Waals surface area contributed by atoms with Crippen molar-refractivity contribution in [1.82, 2.24) is 0 Å². The number of anilines is 1. The molecule has 0 fully saturated rings. The molecule has 0 radical (unpaired) electrons. The molecule has 1 nitrogen and oxygen atoms in total. The number of allylic oxidation sites excluding steroid dienone is 3. The molecule has 0 amide bonds. The molecule has 0 atom stereocenters. The molecule has 0 spiro atoms. The topological polar surface area (TPSA) is 12.0 Å². The molecule has 1 aromatic rings. The summed E-state index contributed by atoms with van der Waals surface area (Å²) in [6.45, 7) is 0. The van der Waals surface area contributed by atoms with E-state index in [1.54, 1.807) is 0 Å². The van der Waals surface area contributed by atoms with E-state index in [2.05, 4.69) is 17.5 Å². The smallest absolute Gasteiger partial charge is 0.0392 e. The van der Waals surface area contributed by atoms with Crippen molar-refractivity contribution in [2.75, 3.05) is 5.32 Å². The van der Waals surface area contributed by atoms with Gasteiger partial charge in [0.1, 0.15) is 0 Å².